The van der Waals surface area contributed by atoms with Crippen LogP contribution in [-0.4, -0.2) is 17.5 Å². The summed E-state index contributed by atoms with van der Waals surface area (Å²) < 4.78 is 6.13. The van der Waals surface area contributed by atoms with Gasteiger partial charge in [-0.1, -0.05) is 55.5 Å². The number of alkyl halides is 1. The molecule has 0 heterocycles. The molecule has 94 valence electrons. The Labute approximate surface area is 108 Å². The SMILES string of the molecule is CC(C)COC1CC(Br)C12CCCCCC2. The van der Waals surface area contributed by atoms with Crippen LogP contribution < -0.4 is 0 Å². The maximum atomic E-state index is 6.13. The summed E-state index contributed by atoms with van der Waals surface area (Å²) in [5.41, 5.74) is 0.491. The van der Waals surface area contributed by atoms with Crippen molar-refractivity contribution in [3.05, 3.63) is 0 Å². The minimum Gasteiger partial charge on any atom is -0.377 e. The predicted molar refractivity (Wildman–Crippen MR) is 72.0 cm³/mol. The minimum atomic E-state index is 0.491. The van der Waals surface area contributed by atoms with Crippen LogP contribution in [0, 0.1) is 11.3 Å². The van der Waals surface area contributed by atoms with Gasteiger partial charge in [-0.3, -0.25) is 0 Å². The molecule has 2 saturated carbocycles. The van der Waals surface area contributed by atoms with E-state index in [9.17, 15) is 0 Å². The zero-order chi connectivity index (χ0) is 11.6. The van der Waals surface area contributed by atoms with Crippen molar-refractivity contribution in [2.45, 2.75) is 69.7 Å². The van der Waals surface area contributed by atoms with Crippen molar-refractivity contribution in [1.29, 1.82) is 0 Å². The van der Waals surface area contributed by atoms with E-state index in [4.69, 9.17) is 4.74 Å². The van der Waals surface area contributed by atoms with Gasteiger partial charge in [-0.25, -0.2) is 0 Å². The topological polar surface area (TPSA) is 9.23 Å². The van der Waals surface area contributed by atoms with Gasteiger partial charge < -0.3 is 4.74 Å². The van der Waals surface area contributed by atoms with E-state index < -0.39 is 0 Å². The molecule has 1 spiro atoms. The van der Waals surface area contributed by atoms with E-state index in [0.29, 0.717) is 17.4 Å². The maximum Gasteiger partial charge on any atom is 0.0653 e. The molecule has 2 aliphatic rings. The smallest absolute Gasteiger partial charge is 0.0653 e. The molecule has 0 N–H and O–H groups in total. The zero-order valence-corrected chi connectivity index (χ0v) is 12.3. The number of hydrogen-bond donors (Lipinski definition) is 0. The summed E-state index contributed by atoms with van der Waals surface area (Å²) >= 11 is 3.88. The van der Waals surface area contributed by atoms with Crippen molar-refractivity contribution in [2.24, 2.45) is 11.3 Å². The van der Waals surface area contributed by atoms with Gasteiger partial charge in [0.2, 0.25) is 0 Å². The van der Waals surface area contributed by atoms with Gasteiger partial charge in [-0.15, -0.1) is 0 Å². The van der Waals surface area contributed by atoms with Crippen molar-refractivity contribution in [2.75, 3.05) is 6.61 Å². The fourth-order valence-electron chi connectivity index (χ4n) is 3.26. The van der Waals surface area contributed by atoms with Crippen LogP contribution in [0.1, 0.15) is 58.8 Å². The first-order valence-electron chi connectivity index (χ1n) is 6.91. The van der Waals surface area contributed by atoms with E-state index in [1.54, 1.807) is 0 Å². The Hall–Kier alpha value is 0.440. The Morgan fingerprint density at radius 1 is 1.19 bits per heavy atom. The van der Waals surface area contributed by atoms with Crippen LogP contribution in [0.5, 0.6) is 0 Å². The molecule has 0 bridgehead atoms. The standard InChI is InChI=1S/C14H25BrO/c1-11(2)10-16-13-9-12(15)14(13)7-5-3-4-6-8-14/h11-13H,3-10H2,1-2H3. The zero-order valence-electron chi connectivity index (χ0n) is 10.7. The summed E-state index contributed by atoms with van der Waals surface area (Å²) in [4.78, 5) is 0.718. The quantitative estimate of drug-likeness (QED) is 0.693. The normalized spacial score (nSPS) is 33.8. The Bertz CT molecular complexity index is 219. The van der Waals surface area contributed by atoms with E-state index in [1.165, 1.54) is 44.9 Å². The molecule has 0 aromatic rings. The molecule has 0 saturated heterocycles. The first-order chi connectivity index (χ1) is 7.65. The van der Waals surface area contributed by atoms with E-state index in [0.717, 1.165) is 11.4 Å². The lowest BCUT2D eigenvalue weighted by Gasteiger charge is -2.53. The second kappa shape index (κ2) is 5.39. The highest BCUT2D eigenvalue weighted by atomic mass is 79.9. The van der Waals surface area contributed by atoms with Crippen molar-refractivity contribution < 1.29 is 4.74 Å². The number of rotatable bonds is 3. The third-order valence-electron chi connectivity index (χ3n) is 4.35. The summed E-state index contributed by atoms with van der Waals surface area (Å²) in [5.74, 6) is 0.664. The number of hydrogen-bond acceptors (Lipinski definition) is 1. The van der Waals surface area contributed by atoms with Gasteiger partial charge in [0, 0.05) is 16.8 Å². The van der Waals surface area contributed by atoms with Crippen molar-refractivity contribution in [3.63, 3.8) is 0 Å². The van der Waals surface area contributed by atoms with Crippen molar-refractivity contribution in [3.8, 4) is 0 Å². The second-order valence-corrected chi connectivity index (χ2v) is 7.17. The molecule has 2 aliphatic carbocycles. The van der Waals surface area contributed by atoms with Crippen LogP contribution in [0.2, 0.25) is 0 Å². The summed E-state index contributed by atoms with van der Waals surface area (Å²) in [6, 6.07) is 0. The van der Waals surface area contributed by atoms with Gasteiger partial charge in [-0.05, 0) is 25.2 Å². The highest BCUT2D eigenvalue weighted by Crippen LogP contribution is 2.55. The van der Waals surface area contributed by atoms with E-state index in [-0.39, 0.29) is 0 Å². The van der Waals surface area contributed by atoms with Gasteiger partial charge >= 0.3 is 0 Å². The highest BCUT2D eigenvalue weighted by molar-refractivity contribution is 9.09. The summed E-state index contributed by atoms with van der Waals surface area (Å²) in [6.07, 6.45) is 10.2. The summed E-state index contributed by atoms with van der Waals surface area (Å²) in [6.45, 7) is 5.42. The number of ether oxygens (including phenoxy) is 1. The van der Waals surface area contributed by atoms with Crippen LogP contribution in [-0.2, 0) is 4.74 Å². The average molecular weight is 289 g/mol. The Morgan fingerprint density at radius 2 is 1.81 bits per heavy atom. The lowest BCUT2D eigenvalue weighted by atomic mass is 9.61. The Kier molecular flexibility index (Phi) is 4.34. The molecule has 0 aliphatic heterocycles. The van der Waals surface area contributed by atoms with Gasteiger partial charge in [-0.2, -0.15) is 0 Å². The molecule has 2 fully saturated rings. The molecular formula is C14H25BrO. The van der Waals surface area contributed by atoms with Crippen LogP contribution in [0.15, 0.2) is 0 Å². The third-order valence-corrected chi connectivity index (χ3v) is 5.64. The van der Waals surface area contributed by atoms with Crippen molar-refractivity contribution >= 4 is 15.9 Å². The third kappa shape index (κ3) is 2.48. The lowest BCUT2D eigenvalue weighted by molar-refractivity contribution is -0.117. The maximum absolute atomic E-state index is 6.13. The molecule has 2 unspecified atom stereocenters. The van der Waals surface area contributed by atoms with Crippen LogP contribution in [0.25, 0.3) is 0 Å². The monoisotopic (exact) mass is 288 g/mol. The second-order valence-electron chi connectivity index (χ2n) is 6.07. The van der Waals surface area contributed by atoms with E-state index in [1.807, 2.05) is 0 Å². The lowest BCUT2D eigenvalue weighted by Crippen LogP contribution is -2.55. The van der Waals surface area contributed by atoms with E-state index >= 15 is 0 Å². The predicted octanol–water partition coefficient (Wildman–Crippen LogP) is 4.54. The highest BCUT2D eigenvalue weighted by Gasteiger charge is 2.53. The van der Waals surface area contributed by atoms with Crippen LogP contribution in [0.4, 0.5) is 0 Å². The molecule has 0 radical (unpaired) electrons. The van der Waals surface area contributed by atoms with Crippen molar-refractivity contribution in [1.82, 2.24) is 0 Å². The summed E-state index contributed by atoms with van der Waals surface area (Å²) in [7, 11) is 0. The molecule has 0 amide bonds. The van der Waals surface area contributed by atoms with Gasteiger partial charge in [0.1, 0.15) is 0 Å². The molecule has 0 aromatic heterocycles. The minimum absolute atomic E-state index is 0.491. The average Bonchev–Trinajstić information content (AvgIpc) is 2.51. The largest absolute Gasteiger partial charge is 0.377 e. The molecule has 1 nitrogen and oxygen atoms in total. The molecule has 2 heteroatoms. The molecule has 2 atom stereocenters. The van der Waals surface area contributed by atoms with Gasteiger partial charge in [0.05, 0.1) is 6.10 Å². The molecule has 16 heavy (non-hydrogen) atoms. The first kappa shape index (κ1) is 12.9. The summed E-state index contributed by atoms with van der Waals surface area (Å²) in [5, 5.41) is 0. The van der Waals surface area contributed by atoms with Gasteiger partial charge in [0.25, 0.3) is 0 Å². The fraction of sp³-hybridized carbons (Fsp3) is 1.00. The van der Waals surface area contributed by atoms with Crippen LogP contribution >= 0.6 is 15.9 Å². The van der Waals surface area contributed by atoms with Gasteiger partial charge in [0.15, 0.2) is 0 Å². The number of halogens is 1. The van der Waals surface area contributed by atoms with E-state index in [2.05, 4.69) is 29.8 Å². The molecular weight excluding hydrogens is 264 g/mol. The fourth-order valence-corrected chi connectivity index (χ4v) is 4.36. The Morgan fingerprint density at radius 3 is 2.31 bits per heavy atom. The first-order valence-corrected chi connectivity index (χ1v) is 7.82. The molecule has 0 aromatic carbocycles. The van der Waals surface area contributed by atoms with Crippen LogP contribution in [0.3, 0.4) is 0 Å². The molecule has 2 rings (SSSR count). The Balaban J connectivity index is 1.93.